The number of carbonyl (C=O) groups excluding carboxylic acids is 1. The van der Waals surface area contributed by atoms with Crippen molar-refractivity contribution in [3.05, 3.63) is 0 Å². The summed E-state index contributed by atoms with van der Waals surface area (Å²) < 4.78 is 0. The van der Waals surface area contributed by atoms with Crippen LogP contribution in [0.2, 0.25) is 0 Å². The number of fused-ring (bicyclic) bond motifs is 3. The van der Waals surface area contributed by atoms with Gasteiger partial charge in [-0.1, -0.05) is 0 Å². The Morgan fingerprint density at radius 2 is 2.12 bits per heavy atom. The van der Waals surface area contributed by atoms with Gasteiger partial charge in [0.1, 0.15) is 0 Å². The molecule has 3 rings (SSSR count). The summed E-state index contributed by atoms with van der Waals surface area (Å²) in [7, 11) is 0. The van der Waals surface area contributed by atoms with Crippen LogP contribution in [0.15, 0.2) is 0 Å². The Kier molecular flexibility index (Phi) is 4.18. The van der Waals surface area contributed by atoms with Gasteiger partial charge in [0.25, 0.3) is 0 Å². The second-order valence-corrected chi connectivity index (χ2v) is 4.90. The number of carbonyl (C=O) groups is 1. The molecule has 3 aliphatic rings. The van der Waals surface area contributed by atoms with E-state index in [1.807, 2.05) is 6.92 Å². The fourth-order valence-corrected chi connectivity index (χ4v) is 2.85. The number of piperidine rings is 3. The van der Waals surface area contributed by atoms with Gasteiger partial charge in [-0.2, -0.15) is 0 Å². The first-order chi connectivity index (χ1) is 7.79. The highest BCUT2D eigenvalue weighted by molar-refractivity contribution is 5.75. The normalized spacial score (nSPS) is 32.7. The van der Waals surface area contributed by atoms with Crippen LogP contribution in [0.1, 0.15) is 26.2 Å². The quantitative estimate of drug-likeness (QED) is 0.702. The molecule has 0 aromatic carbocycles. The van der Waals surface area contributed by atoms with Gasteiger partial charge in [0, 0.05) is 32.1 Å². The highest BCUT2D eigenvalue weighted by Gasteiger charge is 2.33. The van der Waals surface area contributed by atoms with Crippen LogP contribution in [0.5, 0.6) is 0 Å². The molecule has 2 N–H and O–H groups in total. The lowest BCUT2D eigenvalue weighted by Crippen LogP contribution is -2.56. The van der Waals surface area contributed by atoms with E-state index in [1.54, 1.807) is 0 Å². The van der Waals surface area contributed by atoms with Gasteiger partial charge < -0.3 is 15.5 Å². The van der Waals surface area contributed by atoms with Crippen LogP contribution in [0.25, 0.3) is 0 Å². The first-order valence-electron chi connectivity index (χ1n) is 6.52. The summed E-state index contributed by atoms with van der Waals surface area (Å²) in [5.74, 6) is 1.01. The summed E-state index contributed by atoms with van der Waals surface area (Å²) in [5, 5.41) is 6.37. The fraction of sp³-hybridized carbons (Fsp3) is 0.917. The van der Waals surface area contributed by atoms with Gasteiger partial charge in [-0.3, -0.25) is 4.79 Å². The Labute approximate surface area is 97.8 Å². The average Bonchev–Trinajstić information content (AvgIpc) is 2.31. The number of hydrogen-bond donors (Lipinski definition) is 2. The maximum absolute atomic E-state index is 11.3. The molecule has 0 radical (unpaired) electrons. The molecule has 4 nitrogen and oxygen atoms in total. The van der Waals surface area contributed by atoms with Gasteiger partial charge in [0.2, 0.25) is 5.91 Å². The molecule has 16 heavy (non-hydrogen) atoms. The maximum Gasteiger partial charge on any atom is 0.221 e. The summed E-state index contributed by atoms with van der Waals surface area (Å²) in [6.07, 6.45) is 3.27. The van der Waals surface area contributed by atoms with Gasteiger partial charge in [-0.15, -0.1) is 0 Å². The van der Waals surface area contributed by atoms with E-state index < -0.39 is 0 Å². The smallest absolute Gasteiger partial charge is 0.221 e. The van der Waals surface area contributed by atoms with Crippen LogP contribution in [0.4, 0.5) is 0 Å². The Balaban J connectivity index is 1.65. The third-order valence-corrected chi connectivity index (χ3v) is 3.79. The zero-order valence-corrected chi connectivity index (χ0v) is 10.2. The summed E-state index contributed by atoms with van der Waals surface area (Å²) in [6, 6.07) is 0.622. The second-order valence-electron chi connectivity index (χ2n) is 4.90. The molecule has 3 saturated heterocycles. The van der Waals surface area contributed by atoms with Gasteiger partial charge >= 0.3 is 0 Å². The number of rotatable bonds is 5. The summed E-state index contributed by atoms with van der Waals surface area (Å²) in [4.78, 5) is 13.8. The Morgan fingerprint density at radius 1 is 1.38 bits per heavy atom. The zero-order chi connectivity index (χ0) is 11.4. The van der Waals surface area contributed by atoms with Crippen molar-refractivity contribution in [3.63, 3.8) is 0 Å². The fourth-order valence-electron chi connectivity index (χ4n) is 2.85. The summed E-state index contributed by atoms with van der Waals surface area (Å²) in [5.41, 5.74) is 0. The minimum Gasteiger partial charge on any atom is -0.356 e. The van der Waals surface area contributed by atoms with Crippen molar-refractivity contribution in [1.29, 1.82) is 0 Å². The van der Waals surface area contributed by atoms with Crippen molar-refractivity contribution in [1.82, 2.24) is 15.5 Å². The highest BCUT2D eigenvalue weighted by Crippen LogP contribution is 2.27. The minimum atomic E-state index is 0.163. The minimum absolute atomic E-state index is 0.163. The molecule has 2 bridgehead atoms. The topological polar surface area (TPSA) is 44.4 Å². The van der Waals surface area contributed by atoms with Crippen molar-refractivity contribution in [2.75, 3.05) is 32.7 Å². The predicted molar refractivity (Wildman–Crippen MR) is 64.3 cm³/mol. The molecule has 3 heterocycles. The molecule has 0 aromatic rings. The standard InChI is InChI=1S/C12H23N3O/c1-2-13-12(16)3-6-14-11-9-15-7-4-10(11)5-8-15/h10-11,14H,2-9H2,1H3,(H,13,16). The van der Waals surface area contributed by atoms with Crippen molar-refractivity contribution in [2.24, 2.45) is 5.92 Å². The van der Waals surface area contributed by atoms with Crippen LogP contribution in [-0.4, -0.2) is 49.6 Å². The first kappa shape index (κ1) is 11.9. The molecular weight excluding hydrogens is 202 g/mol. The molecule has 1 amide bonds. The van der Waals surface area contributed by atoms with E-state index in [9.17, 15) is 4.79 Å². The van der Waals surface area contributed by atoms with Gasteiger partial charge in [-0.25, -0.2) is 0 Å². The lowest BCUT2D eigenvalue weighted by molar-refractivity contribution is -0.120. The Morgan fingerprint density at radius 3 is 2.69 bits per heavy atom. The number of hydrogen-bond acceptors (Lipinski definition) is 3. The van der Waals surface area contributed by atoms with E-state index in [-0.39, 0.29) is 5.91 Å². The van der Waals surface area contributed by atoms with E-state index in [4.69, 9.17) is 0 Å². The molecule has 0 spiro atoms. The molecule has 3 aliphatic heterocycles. The van der Waals surface area contributed by atoms with Crippen LogP contribution in [0.3, 0.4) is 0 Å². The van der Waals surface area contributed by atoms with E-state index >= 15 is 0 Å². The highest BCUT2D eigenvalue weighted by atomic mass is 16.1. The molecule has 0 aliphatic carbocycles. The van der Waals surface area contributed by atoms with E-state index in [1.165, 1.54) is 32.5 Å². The summed E-state index contributed by atoms with van der Waals surface area (Å²) >= 11 is 0. The number of amides is 1. The molecule has 3 fully saturated rings. The van der Waals surface area contributed by atoms with Crippen molar-refractivity contribution >= 4 is 5.91 Å². The zero-order valence-electron chi connectivity index (χ0n) is 10.2. The molecule has 4 heteroatoms. The van der Waals surface area contributed by atoms with E-state index in [2.05, 4.69) is 15.5 Å². The van der Waals surface area contributed by atoms with Crippen molar-refractivity contribution < 1.29 is 4.79 Å². The molecule has 0 saturated carbocycles. The SMILES string of the molecule is CCNC(=O)CCNC1CN2CCC1CC2. The monoisotopic (exact) mass is 225 g/mol. The first-order valence-corrected chi connectivity index (χ1v) is 6.52. The maximum atomic E-state index is 11.3. The van der Waals surface area contributed by atoms with Crippen LogP contribution in [0, 0.1) is 5.92 Å². The molecular formula is C12H23N3O. The molecule has 1 unspecified atom stereocenters. The molecule has 92 valence electrons. The number of nitrogens with one attached hydrogen (secondary N) is 2. The van der Waals surface area contributed by atoms with Crippen molar-refractivity contribution in [2.45, 2.75) is 32.2 Å². The van der Waals surface area contributed by atoms with Gasteiger partial charge in [0.15, 0.2) is 0 Å². The average molecular weight is 225 g/mol. The second kappa shape index (κ2) is 5.64. The summed E-state index contributed by atoms with van der Waals surface area (Å²) in [6.45, 7) is 7.25. The van der Waals surface area contributed by atoms with E-state index in [0.717, 1.165) is 19.0 Å². The lowest BCUT2D eigenvalue weighted by Gasteiger charge is -2.45. The number of nitrogens with zero attached hydrogens (tertiary/aromatic N) is 1. The third-order valence-electron chi connectivity index (χ3n) is 3.79. The van der Waals surface area contributed by atoms with Crippen LogP contribution < -0.4 is 10.6 Å². The largest absolute Gasteiger partial charge is 0.356 e. The molecule has 0 aromatic heterocycles. The van der Waals surface area contributed by atoms with Crippen LogP contribution in [-0.2, 0) is 4.79 Å². The van der Waals surface area contributed by atoms with Crippen molar-refractivity contribution in [3.8, 4) is 0 Å². The third kappa shape index (κ3) is 2.95. The van der Waals surface area contributed by atoms with Crippen LogP contribution >= 0.6 is 0 Å². The van der Waals surface area contributed by atoms with Gasteiger partial charge in [0.05, 0.1) is 0 Å². The Bertz CT molecular complexity index is 236. The molecule has 1 atom stereocenters. The van der Waals surface area contributed by atoms with Gasteiger partial charge in [-0.05, 0) is 38.8 Å². The predicted octanol–water partition coefficient (Wildman–Crippen LogP) is 0.196. The van der Waals surface area contributed by atoms with E-state index in [0.29, 0.717) is 12.5 Å². The Hall–Kier alpha value is -0.610. The lowest BCUT2D eigenvalue weighted by atomic mass is 9.84.